The fraction of sp³-hybridized carbons (Fsp3) is 0.238. The van der Waals surface area contributed by atoms with E-state index in [1.807, 2.05) is 47.9 Å². The van der Waals surface area contributed by atoms with Crippen LogP contribution >= 0.6 is 11.8 Å². The molecule has 0 aliphatic rings. The van der Waals surface area contributed by atoms with Crippen LogP contribution in [0.5, 0.6) is 0 Å². The maximum Gasteiger partial charge on any atom is 0.253 e. The van der Waals surface area contributed by atoms with Gasteiger partial charge in [0.1, 0.15) is 6.33 Å². The highest BCUT2D eigenvalue weighted by Crippen LogP contribution is 2.19. The molecule has 2 aromatic carbocycles. The molecule has 0 saturated carbocycles. The standard InChI is InChI=1S/C21H23N5O2S/c1-15-4-10-18(11-5-15)26-14-23-24-21(26)29-13-19(27)22-12-16-6-8-17(9-7-16)20(28)25(2)3/h4-11,14H,12-13H2,1-3H3,(H,22,27). The average molecular weight is 410 g/mol. The van der Waals surface area contributed by atoms with Crippen LogP contribution < -0.4 is 5.32 Å². The van der Waals surface area contributed by atoms with E-state index in [-0.39, 0.29) is 17.6 Å². The number of nitrogens with one attached hydrogen (secondary N) is 1. The summed E-state index contributed by atoms with van der Waals surface area (Å²) >= 11 is 1.33. The predicted octanol–water partition coefficient (Wildman–Crippen LogP) is 2.69. The molecule has 3 rings (SSSR count). The van der Waals surface area contributed by atoms with Gasteiger partial charge < -0.3 is 10.2 Å². The highest BCUT2D eigenvalue weighted by molar-refractivity contribution is 7.99. The summed E-state index contributed by atoms with van der Waals surface area (Å²) in [6.07, 6.45) is 1.64. The Bertz CT molecular complexity index is 981. The van der Waals surface area contributed by atoms with Crippen LogP contribution in [-0.4, -0.2) is 51.3 Å². The first-order valence-electron chi connectivity index (χ1n) is 9.11. The summed E-state index contributed by atoms with van der Waals surface area (Å²) in [5, 5.41) is 11.6. The number of aryl methyl sites for hydroxylation is 1. The molecule has 0 atom stereocenters. The molecule has 0 radical (unpaired) electrons. The lowest BCUT2D eigenvalue weighted by Gasteiger charge is -2.11. The predicted molar refractivity (Wildman–Crippen MR) is 113 cm³/mol. The Morgan fingerprint density at radius 2 is 1.76 bits per heavy atom. The monoisotopic (exact) mass is 409 g/mol. The van der Waals surface area contributed by atoms with Crippen molar-refractivity contribution in [3.63, 3.8) is 0 Å². The molecule has 0 aliphatic heterocycles. The quantitative estimate of drug-likeness (QED) is 0.607. The highest BCUT2D eigenvalue weighted by Gasteiger charge is 2.11. The molecule has 0 unspecified atom stereocenters. The van der Waals surface area contributed by atoms with Gasteiger partial charge in [-0.25, -0.2) is 0 Å². The normalized spacial score (nSPS) is 10.6. The maximum absolute atomic E-state index is 12.2. The first-order valence-corrected chi connectivity index (χ1v) is 10.1. The minimum absolute atomic E-state index is 0.0466. The molecule has 7 nitrogen and oxygen atoms in total. The summed E-state index contributed by atoms with van der Waals surface area (Å²) in [5.74, 6) is 0.0958. The smallest absolute Gasteiger partial charge is 0.253 e. The van der Waals surface area contributed by atoms with Crippen LogP contribution in [0, 0.1) is 6.92 Å². The van der Waals surface area contributed by atoms with Crippen LogP contribution in [-0.2, 0) is 11.3 Å². The van der Waals surface area contributed by atoms with Crippen LogP contribution in [0.3, 0.4) is 0 Å². The fourth-order valence-corrected chi connectivity index (χ4v) is 3.37. The molecule has 0 spiro atoms. The van der Waals surface area contributed by atoms with Gasteiger partial charge in [-0.3, -0.25) is 14.2 Å². The van der Waals surface area contributed by atoms with E-state index in [4.69, 9.17) is 0 Å². The number of benzene rings is 2. The number of amides is 2. The van der Waals surface area contributed by atoms with Crippen LogP contribution in [0.15, 0.2) is 60.0 Å². The van der Waals surface area contributed by atoms with Crippen LogP contribution in [0.4, 0.5) is 0 Å². The second kappa shape index (κ2) is 9.38. The van der Waals surface area contributed by atoms with Gasteiger partial charge in [0, 0.05) is 31.9 Å². The molecule has 0 bridgehead atoms. The Morgan fingerprint density at radius 1 is 1.07 bits per heavy atom. The number of thioether (sulfide) groups is 1. The lowest BCUT2D eigenvalue weighted by atomic mass is 10.1. The second-order valence-corrected chi connectivity index (χ2v) is 7.72. The minimum Gasteiger partial charge on any atom is -0.351 e. The van der Waals surface area contributed by atoms with Crippen molar-refractivity contribution in [2.75, 3.05) is 19.8 Å². The zero-order valence-electron chi connectivity index (χ0n) is 16.6. The molecule has 1 aromatic heterocycles. The van der Waals surface area contributed by atoms with E-state index in [9.17, 15) is 9.59 Å². The van der Waals surface area contributed by atoms with Gasteiger partial charge in [-0.1, -0.05) is 41.6 Å². The third-order valence-corrected chi connectivity index (χ3v) is 5.20. The Balaban J connectivity index is 1.52. The van der Waals surface area contributed by atoms with Gasteiger partial charge in [0.25, 0.3) is 5.91 Å². The molecular weight excluding hydrogens is 386 g/mol. The summed E-state index contributed by atoms with van der Waals surface area (Å²) < 4.78 is 1.86. The third-order valence-electron chi connectivity index (χ3n) is 4.26. The molecule has 2 amide bonds. The molecule has 3 aromatic rings. The lowest BCUT2D eigenvalue weighted by Crippen LogP contribution is -2.25. The SMILES string of the molecule is Cc1ccc(-n2cnnc2SCC(=O)NCc2ccc(C(=O)N(C)C)cc2)cc1. The van der Waals surface area contributed by atoms with Crippen molar-refractivity contribution in [2.45, 2.75) is 18.6 Å². The van der Waals surface area contributed by atoms with Crippen molar-refractivity contribution in [1.82, 2.24) is 25.0 Å². The van der Waals surface area contributed by atoms with Gasteiger partial charge in [0.15, 0.2) is 5.16 Å². The van der Waals surface area contributed by atoms with E-state index in [1.54, 1.807) is 32.6 Å². The Kier molecular flexibility index (Phi) is 6.66. The number of nitrogens with zero attached hydrogens (tertiary/aromatic N) is 4. The van der Waals surface area contributed by atoms with E-state index in [2.05, 4.69) is 15.5 Å². The van der Waals surface area contributed by atoms with Crippen LogP contribution in [0.2, 0.25) is 0 Å². The summed E-state index contributed by atoms with van der Waals surface area (Å²) in [4.78, 5) is 25.7. The minimum atomic E-state index is -0.0955. The van der Waals surface area contributed by atoms with Crippen LogP contribution in [0.1, 0.15) is 21.5 Å². The first kappa shape index (κ1) is 20.6. The topological polar surface area (TPSA) is 80.1 Å². The van der Waals surface area contributed by atoms with E-state index >= 15 is 0 Å². The zero-order valence-corrected chi connectivity index (χ0v) is 17.4. The summed E-state index contributed by atoms with van der Waals surface area (Å²) in [5.41, 5.74) is 3.68. The number of rotatable bonds is 7. The van der Waals surface area contributed by atoms with Crippen molar-refractivity contribution >= 4 is 23.6 Å². The van der Waals surface area contributed by atoms with Gasteiger partial charge in [-0.2, -0.15) is 0 Å². The van der Waals surface area contributed by atoms with Crippen molar-refractivity contribution in [1.29, 1.82) is 0 Å². The van der Waals surface area contributed by atoms with Crippen LogP contribution in [0.25, 0.3) is 5.69 Å². The Morgan fingerprint density at radius 3 is 2.41 bits per heavy atom. The molecular formula is C21H23N5O2S. The van der Waals surface area contributed by atoms with Crippen molar-refractivity contribution < 1.29 is 9.59 Å². The van der Waals surface area contributed by atoms with Gasteiger partial charge in [-0.15, -0.1) is 10.2 Å². The van der Waals surface area contributed by atoms with E-state index < -0.39 is 0 Å². The van der Waals surface area contributed by atoms with Crippen molar-refractivity contribution in [3.05, 3.63) is 71.5 Å². The summed E-state index contributed by atoms with van der Waals surface area (Å²) in [7, 11) is 3.43. The summed E-state index contributed by atoms with van der Waals surface area (Å²) in [6, 6.07) is 15.3. The molecule has 1 N–H and O–H groups in total. The van der Waals surface area contributed by atoms with Gasteiger partial charge in [0.05, 0.1) is 5.75 Å². The van der Waals surface area contributed by atoms with Gasteiger partial charge in [0.2, 0.25) is 5.91 Å². The second-order valence-electron chi connectivity index (χ2n) is 6.78. The number of aromatic nitrogens is 3. The molecule has 0 aliphatic carbocycles. The fourth-order valence-electron chi connectivity index (χ4n) is 2.61. The molecule has 29 heavy (non-hydrogen) atoms. The number of carbonyl (C=O) groups is 2. The maximum atomic E-state index is 12.2. The molecule has 0 fully saturated rings. The number of hydrogen-bond donors (Lipinski definition) is 1. The average Bonchev–Trinajstić information content (AvgIpc) is 3.19. The van der Waals surface area contributed by atoms with Crippen molar-refractivity contribution in [3.8, 4) is 5.69 Å². The molecule has 1 heterocycles. The largest absolute Gasteiger partial charge is 0.351 e. The van der Waals surface area contributed by atoms with Gasteiger partial charge >= 0.3 is 0 Å². The zero-order chi connectivity index (χ0) is 20.8. The Labute approximate surface area is 174 Å². The molecule has 8 heteroatoms. The third kappa shape index (κ3) is 5.45. The number of hydrogen-bond acceptors (Lipinski definition) is 5. The van der Waals surface area contributed by atoms with Gasteiger partial charge in [-0.05, 0) is 36.8 Å². The highest BCUT2D eigenvalue weighted by atomic mass is 32.2. The van der Waals surface area contributed by atoms with E-state index in [1.165, 1.54) is 22.2 Å². The first-order chi connectivity index (χ1) is 13.9. The molecule has 150 valence electrons. The molecule has 0 saturated heterocycles. The van der Waals surface area contributed by atoms with E-state index in [0.29, 0.717) is 17.3 Å². The summed E-state index contributed by atoms with van der Waals surface area (Å²) in [6.45, 7) is 2.43. The van der Waals surface area contributed by atoms with E-state index in [0.717, 1.165) is 11.3 Å². The lowest BCUT2D eigenvalue weighted by molar-refractivity contribution is -0.118. The number of carbonyl (C=O) groups excluding carboxylic acids is 2. The Hall–Kier alpha value is -3.13. The van der Waals surface area contributed by atoms with Crippen molar-refractivity contribution in [2.24, 2.45) is 0 Å².